The third-order valence-corrected chi connectivity index (χ3v) is 6.49. The van der Waals surface area contributed by atoms with Crippen molar-refractivity contribution < 1.29 is 23.7 Å². The minimum Gasteiger partial charge on any atom is -0.454 e. The Bertz CT molecular complexity index is 1520. The van der Waals surface area contributed by atoms with Gasteiger partial charge >= 0.3 is 0 Å². The highest BCUT2D eigenvalue weighted by Crippen LogP contribution is 2.36. The molecular weight excluding hydrogens is 442 g/mol. The molecule has 156 valence electrons. The Morgan fingerprint density at radius 2 is 1.77 bits per heavy atom. The van der Waals surface area contributed by atoms with Gasteiger partial charge in [0, 0.05) is 12.6 Å². The van der Waals surface area contributed by atoms with E-state index >= 15 is 0 Å². The number of carbonyl (C=O) groups is 1. The Morgan fingerprint density at radius 3 is 2.58 bits per heavy atom. The number of H-pyrrole nitrogens is 1. The monoisotopic (exact) mass is 455 g/mol. The zero-order valence-corrected chi connectivity index (χ0v) is 17.4. The summed E-state index contributed by atoms with van der Waals surface area (Å²) in [5.41, 5.74) is 1.41. The zero-order valence-electron chi connectivity index (χ0n) is 15.7. The summed E-state index contributed by atoms with van der Waals surface area (Å²) in [6.07, 6.45) is 0. The number of nitrogens with one attached hydrogen (secondary N) is 2. The van der Waals surface area contributed by atoms with Gasteiger partial charge in [-0.15, -0.1) is 0 Å². The Hall–Kier alpha value is -3.57. The molecule has 2 N–H and O–H groups in total. The molecule has 4 aromatic rings. The van der Waals surface area contributed by atoms with Gasteiger partial charge in [0.05, 0.1) is 10.9 Å². The van der Waals surface area contributed by atoms with Gasteiger partial charge in [-0.1, -0.05) is 17.4 Å². The van der Waals surface area contributed by atoms with E-state index in [0.29, 0.717) is 48.4 Å². The van der Waals surface area contributed by atoms with Gasteiger partial charge < -0.3 is 29.2 Å². The van der Waals surface area contributed by atoms with E-state index in [1.54, 1.807) is 22.6 Å². The van der Waals surface area contributed by atoms with Crippen LogP contribution in [-0.4, -0.2) is 28.9 Å². The smallest absolute Gasteiger partial charge is 0.265 e. The lowest BCUT2D eigenvalue weighted by Gasteiger charge is -2.07. The number of hydrogen-bond acceptors (Lipinski definition) is 8. The maximum absolute atomic E-state index is 12.9. The SMILES string of the molecule is O=C(NCc1ccc2c(c1)OCO2)c1sc(=S)n2c1[nH]c(=O)c1cc3c(cc12)OCO3. The molecule has 0 spiro atoms. The average molecular weight is 455 g/mol. The van der Waals surface area contributed by atoms with Gasteiger partial charge in [-0.3, -0.25) is 14.0 Å². The van der Waals surface area contributed by atoms with Gasteiger partial charge in [0.2, 0.25) is 13.6 Å². The number of rotatable bonds is 3. The van der Waals surface area contributed by atoms with Crippen LogP contribution in [0.1, 0.15) is 15.2 Å². The predicted molar refractivity (Wildman–Crippen MR) is 114 cm³/mol. The van der Waals surface area contributed by atoms with Gasteiger partial charge in [-0.25, -0.2) is 0 Å². The van der Waals surface area contributed by atoms with Crippen LogP contribution in [0.25, 0.3) is 16.6 Å². The largest absolute Gasteiger partial charge is 0.454 e. The molecule has 9 nitrogen and oxygen atoms in total. The minimum absolute atomic E-state index is 0.0925. The molecule has 11 heteroatoms. The normalized spacial score (nSPS) is 13.8. The maximum Gasteiger partial charge on any atom is 0.265 e. The molecule has 0 aliphatic carbocycles. The number of amides is 1. The minimum atomic E-state index is -0.342. The van der Waals surface area contributed by atoms with Gasteiger partial charge in [-0.2, -0.15) is 0 Å². The van der Waals surface area contributed by atoms with Crippen LogP contribution >= 0.6 is 23.6 Å². The van der Waals surface area contributed by atoms with Crippen molar-refractivity contribution in [1.82, 2.24) is 14.7 Å². The van der Waals surface area contributed by atoms with Gasteiger partial charge in [-0.05, 0) is 36.0 Å². The molecule has 2 aromatic carbocycles. The van der Waals surface area contributed by atoms with E-state index in [-0.39, 0.29) is 31.6 Å². The molecule has 0 saturated carbocycles. The summed E-state index contributed by atoms with van der Waals surface area (Å²) in [4.78, 5) is 28.7. The second-order valence-electron chi connectivity index (χ2n) is 6.93. The predicted octanol–water partition coefficient (Wildman–Crippen LogP) is 2.96. The second-order valence-corrected chi connectivity index (χ2v) is 8.57. The van der Waals surface area contributed by atoms with Crippen LogP contribution in [0.2, 0.25) is 0 Å². The fraction of sp³-hybridized carbons (Fsp3) is 0.150. The van der Waals surface area contributed by atoms with Crippen LogP contribution in [-0.2, 0) is 6.54 Å². The lowest BCUT2D eigenvalue weighted by atomic mass is 10.2. The number of nitrogens with zero attached hydrogens (tertiary/aromatic N) is 1. The highest BCUT2D eigenvalue weighted by Gasteiger charge is 2.22. The molecule has 4 heterocycles. The Balaban J connectivity index is 1.38. The summed E-state index contributed by atoms with van der Waals surface area (Å²) < 4.78 is 23.6. The summed E-state index contributed by atoms with van der Waals surface area (Å²) in [6.45, 7) is 0.560. The molecule has 31 heavy (non-hydrogen) atoms. The van der Waals surface area contributed by atoms with Crippen molar-refractivity contribution in [2.75, 3.05) is 13.6 Å². The first kappa shape index (κ1) is 18.2. The summed E-state index contributed by atoms with van der Waals surface area (Å²) in [5.74, 6) is 2.01. The molecule has 2 aliphatic heterocycles. The van der Waals surface area contributed by atoms with Crippen molar-refractivity contribution in [3.8, 4) is 23.0 Å². The Kier molecular flexibility index (Phi) is 3.95. The molecule has 1 amide bonds. The zero-order chi connectivity index (χ0) is 21.1. The van der Waals surface area contributed by atoms with Crippen molar-refractivity contribution in [3.05, 3.63) is 55.1 Å². The van der Waals surface area contributed by atoms with Crippen LogP contribution in [0.5, 0.6) is 23.0 Å². The van der Waals surface area contributed by atoms with E-state index in [9.17, 15) is 9.59 Å². The second kappa shape index (κ2) is 6.72. The van der Waals surface area contributed by atoms with Gasteiger partial charge in [0.25, 0.3) is 11.5 Å². The number of fused-ring (bicyclic) bond motifs is 5. The number of hydrogen-bond donors (Lipinski definition) is 2. The molecule has 6 rings (SSSR count). The maximum atomic E-state index is 12.9. The van der Waals surface area contributed by atoms with Gasteiger partial charge in [0.15, 0.2) is 27.0 Å². The van der Waals surface area contributed by atoms with Crippen LogP contribution in [0.4, 0.5) is 0 Å². The summed E-state index contributed by atoms with van der Waals surface area (Å²) in [6, 6.07) is 8.80. The quantitative estimate of drug-likeness (QED) is 0.458. The number of aromatic amines is 1. The van der Waals surface area contributed by atoms with E-state index in [4.69, 9.17) is 31.2 Å². The van der Waals surface area contributed by atoms with Crippen LogP contribution in [0.15, 0.2) is 35.1 Å². The van der Waals surface area contributed by atoms with Crippen LogP contribution in [0.3, 0.4) is 0 Å². The Labute approximate surface area is 182 Å². The van der Waals surface area contributed by atoms with Crippen molar-refractivity contribution in [3.63, 3.8) is 0 Å². The molecule has 0 unspecified atom stereocenters. The van der Waals surface area contributed by atoms with E-state index in [2.05, 4.69) is 10.3 Å². The van der Waals surface area contributed by atoms with E-state index in [1.165, 1.54) is 0 Å². The third-order valence-electron chi connectivity index (χ3n) is 5.12. The van der Waals surface area contributed by atoms with Crippen molar-refractivity contribution >= 4 is 46.0 Å². The van der Waals surface area contributed by atoms with Crippen LogP contribution in [0, 0.1) is 3.95 Å². The number of carbonyl (C=O) groups excluding carboxylic acids is 1. The van der Waals surface area contributed by atoms with E-state index < -0.39 is 0 Å². The van der Waals surface area contributed by atoms with Crippen LogP contribution < -0.4 is 29.8 Å². The number of benzene rings is 2. The fourth-order valence-corrected chi connectivity index (χ4v) is 4.95. The molecule has 0 bridgehead atoms. The van der Waals surface area contributed by atoms with E-state index in [1.807, 2.05) is 12.1 Å². The van der Waals surface area contributed by atoms with Gasteiger partial charge in [0.1, 0.15) is 10.5 Å². The number of thiazole rings is 1. The number of ether oxygens (including phenoxy) is 4. The summed E-state index contributed by atoms with van der Waals surface area (Å²) in [7, 11) is 0. The molecule has 0 fully saturated rings. The summed E-state index contributed by atoms with van der Waals surface area (Å²) >= 11 is 6.63. The molecule has 0 radical (unpaired) electrons. The topological polar surface area (TPSA) is 103 Å². The third kappa shape index (κ3) is 2.85. The molecule has 0 atom stereocenters. The molecule has 2 aromatic heterocycles. The molecular formula is C20H13N3O6S2. The average Bonchev–Trinajstić information content (AvgIpc) is 3.49. The fourth-order valence-electron chi connectivity index (χ4n) is 3.65. The molecule has 0 saturated heterocycles. The van der Waals surface area contributed by atoms with E-state index in [0.717, 1.165) is 16.9 Å². The molecule has 2 aliphatic rings. The first-order valence-corrected chi connectivity index (χ1v) is 10.5. The Morgan fingerprint density at radius 1 is 1.06 bits per heavy atom. The lowest BCUT2D eigenvalue weighted by molar-refractivity contribution is 0.0956. The van der Waals surface area contributed by atoms with Crippen molar-refractivity contribution in [2.24, 2.45) is 0 Å². The lowest BCUT2D eigenvalue weighted by Crippen LogP contribution is -2.23. The highest BCUT2D eigenvalue weighted by atomic mass is 32.1. The van der Waals surface area contributed by atoms with Crippen molar-refractivity contribution in [1.29, 1.82) is 0 Å². The first-order valence-electron chi connectivity index (χ1n) is 9.26. The standard InChI is InChI=1S/C20H13N3O6S2/c24-18-10-4-14-15(29-8-28-14)5-11(10)23-17(22-18)16(31-20(23)30)19(25)21-6-9-1-2-12-13(3-9)27-7-26-12/h1-5H,6-8H2,(H,21,25)(H,22,24). The highest BCUT2D eigenvalue weighted by molar-refractivity contribution is 7.73. The first-order chi connectivity index (χ1) is 15.1. The number of aromatic nitrogens is 2. The summed E-state index contributed by atoms with van der Waals surface area (Å²) in [5, 5.41) is 3.27. The van der Waals surface area contributed by atoms with Crippen molar-refractivity contribution in [2.45, 2.75) is 6.54 Å².